The number of carbonyl (C=O) groups excluding carboxylic acids is 2. The van der Waals surface area contributed by atoms with Gasteiger partial charge in [-0.05, 0) is 60.3 Å². The van der Waals surface area contributed by atoms with Crippen LogP contribution in [0.5, 0.6) is 5.75 Å². The molecule has 3 aromatic rings. The van der Waals surface area contributed by atoms with E-state index < -0.39 is 11.8 Å². The minimum Gasteiger partial charge on any atom is -0.488 e. The third-order valence-corrected chi connectivity index (χ3v) is 5.56. The van der Waals surface area contributed by atoms with Gasteiger partial charge in [0.1, 0.15) is 17.9 Å². The highest BCUT2D eigenvalue weighted by Gasteiger charge is 2.41. The lowest BCUT2D eigenvalue weighted by Gasteiger charge is -2.36. The smallest absolute Gasteiger partial charge is 0.270 e. The topological polar surface area (TPSA) is 49.9 Å². The molecule has 0 unspecified atom stereocenters. The van der Waals surface area contributed by atoms with E-state index in [1.165, 1.54) is 15.9 Å². The van der Waals surface area contributed by atoms with E-state index in [4.69, 9.17) is 28.6 Å². The number of hydrogen-bond acceptors (Lipinski definition) is 4. The summed E-state index contributed by atoms with van der Waals surface area (Å²) in [5, 5.41) is 0.447. The first-order valence-electron chi connectivity index (χ1n) is 10.1. The van der Waals surface area contributed by atoms with E-state index in [-0.39, 0.29) is 10.7 Å². The van der Waals surface area contributed by atoms with Gasteiger partial charge in [-0.3, -0.25) is 19.4 Å². The maximum absolute atomic E-state index is 13.5. The Hall–Kier alpha value is -3.74. The molecule has 33 heavy (non-hydrogen) atoms. The zero-order valence-corrected chi connectivity index (χ0v) is 19.1. The first-order chi connectivity index (χ1) is 16.0. The summed E-state index contributed by atoms with van der Waals surface area (Å²) in [7, 11) is 0. The quantitative estimate of drug-likeness (QED) is 0.200. The molecule has 0 aliphatic carbocycles. The third kappa shape index (κ3) is 4.58. The summed E-state index contributed by atoms with van der Waals surface area (Å²) >= 11 is 11.9. The SMILES string of the molecule is C=CCOc1ccc(C=C2C(=O)N(c3ccccc3)C(=S)N(c3ccccc3)C2=O)cc1Cl. The normalized spacial score (nSPS) is 13.8. The van der Waals surface area contributed by atoms with Crippen molar-refractivity contribution in [2.75, 3.05) is 16.4 Å². The monoisotopic (exact) mass is 474 g/mol. The molecule has 1 aliphatic heterocycles. The van der Waals surface area contributed by atoms with Gasteiger partial charge in [0, 0.05) is 0 Å². The summed E-state index contributed by atoms with van der Waals surface area (Å²) in [6.45, 7) is 3.93. The van der Waals surface area contributed by atoms with E-state index in [0.29, 0.717) is 34.3 Å². The van der Waals surface area contributed by atoms with Crippen LogP contribution < -0.4 is 14.5 Å². The van der Waals surface area contributed by atoms with Crippen LogP contribution in [0.2, 0.25) is 5.02 Å². The summed E-state index contributed by atoms with van der Waals surface area (Å²) in [4.78, 5) is 29.7. The largest absolute Gasteiger partial charge is 0.488 e. The maximum Gasteiger partial charge on any atom is 0.270 e. The van der Waals surface area contributed by atoms with E-state index in [2.05, 4.69) is 6.58 Å². The number of para-hydroxylation sites is 2. The highest BCUT2D eigenvalue weighted by atomic mass is 35.5. The van der Waals surface area contributed by atoms with Gasteiger partial charge in [-0.25, -0.2) is 0 Å². The lowest BCUT2D eigenvalue weighted by Crippen LogP contribution is -2.56. The van der Waals surface area contributed by atoms with Gasteiger partial charge in [-0.15, -0.1) is 0 Å². The van der Waals surface area contributed by atoms with Gasteiger partial charge in [0.25, 0.3) is 11.8 Å². The highest BCUT2D eigenvalue weighted by molar-refractivity contribution is 7.81. The molecule has 7 heteroatoms. The molecule has 2 amide bonds. The van der Waals surface area contributed by atoms with Crippen LogP contribution in [0, 0.1) is 0 Å². The predicted molar refractivity (Wildman–Crippen MR) is 136 cm³/mol. The summed E-state index contributed by atoms with van der Waals surface area (Å²) in [5.41, 5.74) is 1.68. The molecule has 0 bridgehead atoms. The molecule has 0 aromatic heterocycles. The van der Waals surface area contributed by atoms with Crippen molar-refractivity contribution in [2.24, 2.45) is 0 Å². The summed E-state index contributed by atoms with van der Waals surface area (Å²) in [6.07, 6.45) is 3.13. The standard InChI is InChI=1S/C26H19ClN2O3S/c1-2-15-32-23-14-13-18(17-22(23)27)16-21-24(30)28(19-9-5-3-6-10-19)26(33)29(25(21)31)20-11-7-4-8-12-20/h2-14,16-17H,1,15H2. The molecule has 0 N–H and O–H groups in total. The van der Waals surface area contributed by atoms with Crippen molar-refractivity contribution < 1.29 is 14.3 Å². The number of benzene rings is 3. The fourth-order valence-corrected chi connectivity index (χ4v) is 4.00. The molecule has 5 nitrogen and oxygen atoms in total. The van der Waals surface area contributed by atoms with Crippen LogP contribution in [0.15, 0.2) is 97.1 Å². The van der Waals surface area contributed by atoms with Gasteiger partial charge in [0.2, 0.25) is 0 Å². The number of nitrogens with zero attached hydrogens (tertiary/aromatic N) is 2. The van der Waals surface area contributed by atoms with Crippen molar-refractivity contribution >= 4 is 58.2 Å². The molecule has 3 aromatic carbocycles. The first-order valence-corrected chi connectivity index (χ1v) is 10.9. The molecule has 1 saturated heterocycles. The summed E-state index contributed by atoms with van der Waals surface area (Å²) in [6, 6.07) is 23.0. The second kappa shape index (κ2) is 9.81. The Morgan fingerprint density at radius 2 is 1.42 bits per heavy atom. The van der Waals surface area contributed by atoms with Crippen molar-refractivity contribution in [3.05, 3.63) is 108 Å². The Bertz CT molecular complexity index is 1200. The van der Waals surface area contributed by atoms with E-state index in [1.807, 2.05) is 12.1 Å². The van der Waals surface area contributed by atoms with Crippen LogP contribution in [-0.4, -0.2) is 23.5 Å². The molecule has 1 fully saturated rings. The van der Waals surface area contributed by atoms with Crippen molar-refractivity contribution in [2.45, 2.75) is 0 Å². The van der Waals surface area contributed by atoms with E-state index >= 15 is 0 Å². The first kappa shape index (κ1) is 22.5. The third-order valence-electron chi connectivity index (χ3n) is 4.90. The lowest BCUT2D eigenvalue weighted by atomic mass is 10.0. The van der Waals surface area contributed by atoms with Gasteiger partial charge in [0.05, 0.1) is 16.4 Å². The summed E-state index contributed by atoms with van der Waals surface area (Å²) < 4.78 is 5.50. The van der Waals surface area contributed by atoms with E-state index in [1.54, 1.807) is 72.8 Å². The van der Waals surface area contributed by atoms with E-state index in [0.717, 1.165) is 0 Å². The van der Waals surface area contributed by atoms with Gasteiger partial charge < -0.3 is 4.74 Å². The number of anilines is 2. The van der Waals surface area contributed by atoms with Crippen LogP contribution >= 0.6 is 23.8 Å². The second-order valence-electron chi connectivity index (χ2n) is 7.08. The Kier molecular flexibility index (Phi) is 6.68. The van der Waals surface area contributed by atoms with Gasteiger partial charge >= 0.3 is 0 Å². The summed E-state index contributed by atoms with van der Waals surface area (Å²) in [5.74, 6) is -0.531. The Morgan fingerprint density at radius 3 is 1.91 bits per heavy atom. The van der Waals surface area contributed by atoms with Crippen LogP contribution in [-0.2, 0) is 9.59 Å². The Labute approximate surface area is 202 Å². The minimum atomic E-state index is -0.508. The number of carbonyl (C=O) groups is 2. The van der Waals surface area contributed by atoms with Crippen molar-refractivity contribution in [3.63, 3.8) is 0 Å². The van der Waals surface area contributed by atoms with Gasteiger partial charge in [-0.1, -0.05) is 66.7 Å². The van der Waals surface area contributed by atoms with Crippen LogP contribution in [0.1, 0.15) is 5.56 Å². The molecule has 1 heterocycles. The minimum absolute atomic E-state index is 0.0351. The van der Waals surface area contributed by atoms with Crippen molar-refractivity contribution in [1.29, 1.82) is 0 Å². The fraction of sp³-hybridized carbons (Fsp3) is 0.0385. The number of rotatable bonds is 6. The average molecular weight is 475 g/mol. The van der Waals surface area contributed by atoms with Crippen LogP contribution in [0.3, 0.4) is 0 Å². The molecular formula is C26H19ClN2O3S. The Balaban J connectivity index is 1.80. The molecule has 4 rings (SSSR count). The second-order valence-corrected chi connectivity index (χ2v) is 7.85. The van der Waals surface area contributed by atoms with Crippen molar-refractivity contribution in [3.8, 4) is 5.75 Å². The van der Waals surface area contributed by atoms with E-state index in [9.17, 15) is 9.59 Å². The average Bonchev–Trinajstić information content (AvgIpc) is 2.83. The van der Waals surface area contributed by atoms with Crippen molar-refractivity contribution in [1.82, 2.24) is 0 Å². The van der Waals surface area contributed by atoms with Crippen LogP contribution in [0.4, 0.5) is 11.4 Å². The zero-order valence-electron chi connectivity index (χ0n) is 17.5. The number of ether oxygens (including phenoxy) is 1. The fourth-order valence-electron chi connectivity index (χ4n) is 3.38. The molecule has 164 valence electrons. The highest BCUT2D eigenvalue weighted by Crippen LogP contribution is 2.31. The molecule has 0 atom stereocenters. The van der Waals surface area contributed by atoms with Gasteiger partial charge in [0.15, 0.2) is 5.11 Å². The molecular weight excluding hydrogens is 456 g/mol. The molecule has 1 aliphatic rings. The Morgan fingerprint density at radius 1 is 0.879 bits per heavy atom. The van der Waals surface area contributed by atoms with Crippen LogP contribution in [0.25, 0.3) is 6.08 Å². The van der Waals surface area contributed by atoms with Gasteiger partial charge in [-0.2, -0.15) is 0 Å². The molecule has 0 saturated carbocycles. The lowest BCUT2D eigenvalue weighted by molar-refractivity contribution is -0.120. The predicted octanol–water partition coefficient (Wildman–Crippen LogP) is 5.65. The zero-order chi connectivity index (χ0) is 23.4. The molecule has 0 spiro atoms. The number of amides is 2. The number of thiocarbonyl (C=S) groups is 1. The molecule has 0 radical (unpaired) electrons. The number of hydrogen-bond donors (Lipinski definition) is 0. The maximum atomic E-state index is 13.5. The number of halogens is 1.